The van der Waals surface area contributed by atoms with Crippen LogP contribution in [0.15, 0.2) is 97.1 Å². The van der Waals surface area contributed by atoms with E-state index in [1.54, 1.807) is 36.4 Å². The summed E-state index contributed by atoms with van der Waals surface area (Å²) in [6.45, 7) is 1.48. The van der Waals surface area contributed by atoms with Crippen molar-refractivity contribution in [3.63, 3.8) is 0 Å². The number of nitrogens with one attached hydrogen (secondary N) is 2. The van der Waals surface area contributed by atoms with Gasteiger partial charge in [-0.05, 0) is 42.0 Å². The molecule has 1 heterocycles. The average molecular weight is 481 g/mol. The summed E-state index contributed by atoms with van der Waals surface area (Å²) >= 11 is 0. The molecular formula is C28H24N4O4. The van der Waals surface area contributed by atoms with Gasteiger partial charge in [0.15, 0.2) is 5.82 Å². The van der Waals surface area contributed by atoms with Crippen molar-refractivity contribution in [3.8, 4) is 11.3 Å². The summed E-state index contributed by atoms with van der Waals surface area (Å²) in [4.78, 5) is 42.4. The van der Waals surface area contributed by atoms with Crippen LogP contribution in [0.1, 0.15) is 22.8 Å². The molecule has 4 rings (SSSR count). The number of carboxylic acid groups (broad SMARTS) is 1. The Morgan fingerprint density at radius 3 is 2.06 bits per heavy atom. The van der Waals surface area contributed by atoms with Crippen LogP contribution < -0.4 is 15.5 Å². The second kappa shape index (κ2) is 11.0. The zero-order valence-corrected chi connectivity index (χ0v) is 19.5. The molecular weight excluding hydrogens is 456 g/mol. The molecule has 0 spiro atoms. The molecule has 3 amide bonds. The van der Waals surface area contributed by atoms with E-state index in [0.717, 1.165) is 16.0 Å². The van der Waals surface area contributed by atoms with Gasteiger partial charge >= 0.3 is 6.09 Å². The van der Waals surface area contributed by atoms with Gasteiger partial charge in [-0.2, -0.15) is 0 Å². The van der Waals surface area contributed by atoms with Gasteiger partial charge in [0, 0.05) is 23.7 Å². The molecule has 0 bridgehead atoms. The zero-order chi connectivity index (χ0) is 25.5. The minimum atomic E-state index is -1.18. The van der Waals surface area contributed by atoms with Gasteiger partial charge in [0.2, 0.25) is 5.91 Å². The fourth-order valence-corrected chi connectivity index (χ4v) is 3.64. The van der Waals surface area contributed by atoms with Crippen LogP contribution in [-0.4, -0.2) is 28.0 Å². The lowest BCUT2D eigenvalue weighted by Crippen LogP contribution is -2.30. The molecule has 0 fully saturated rings. The number of rotatable bonds is 7. The molecule has 8 heteroatoms. The van der Waals surface area contributed by atoms with Gasteiger partial charge in [0.1, 0.15) is 0 Å². The van der Waals surface area contributed by atoms with Gasteiger partial charge in [-0.1, -0.05) is 60.7 Å². The van der Waals surface area contributed by atoms with Crippen LogP contribution in [0.2, 0.25) is 0 Å². The fraction of sp³-hybridized carbons (Fsp3) is 0.0714. The Hall–Kier alpha value is -4.98. The standard InChI is InChI=1S/C28H24N4O4/c1-19(33)29-23-14-12-22(13-15-23)27(34)31-26-25(17-16-24(30-26)21-10-6-3-7-11-21)32(28(35)36)18-20-8-4-2-5-9-20/h2-17H,18H2,1H3,(H,29,33)(H,35,36)(H,30,31,34). The number of anilines is 3. The minimum Gasteiger partial charge on any atom is -0.465 e. The van der Waals surface area contributed by atoms with E-state index in [-0.39, 0.29) is 24.0 Å². The molecule has 0 aliphatic rings. The molecule has 0 aliphatic heterocycles. The minimum absolute atomic E-state index is 0.0802. The Kier molecular flexibility index (Phi) is 7.36. The number of carbonyl (C=O) groups is 3. The van der Waals surface area contributed by atoms with Crippen molar-refractivity contribution in [2.45, 2.75) is 13.5 Å². The van der Waals surface area contributed by atoms with E-state index in [0.29, 0.717) is 16.9 Å². The summed E-state index contributed by atoms with van der Waals surface area (Å²) < 4.78 is 0. The molecule has 0 atom stereocenters. The normalized spacial score (nSPS) is 10.4. The molecule has 0 saturated carbocycles. The smallest absolute Gasteiger partial charge is 0.412 e. The van der Waals surface area contributed by atoms with Crippen molar-refractivity contribution >= 4 is 35.1 Å². The van der Waals surface area contributed by atoms with Crippen molar-refractivity contribution in [2.75, 3.05) is 15.5 Å². The third-order valence-electron chi connectivity index (χ3n) is 5.35. The number of benzene rings is 3. The number of pyridine rings is 1. The summed E-state index contributed by atoms with van der Waals surface area (Å²) in [5.41, 5.74) is 3.33. The molecule has 180 valence electrons. The van der Waals surface area contributed by atoms with Crippen molar-refractivity contribution < 1.29 is 19.5 Å². The highest BCUT2D eigenvalue weighted by Crippen LogP contribution is 2.30. The van der Waals surface area contributed by atoms with Gasteiger partial charge in [-0.15, -0.1) is 0 Å². The second-order valence-electron chi connectivity index (χ2n) is 8.00. The van der Waals surface area contributed by atoms with E-state index >= 15 is 0 Å². The third-order valence-corrected chi connectivity index (χ3v) is 5.35. The number of carbonyl (C=O) groups excluding carboxylic acids is 2. The Morgan fingerprint density at radius 1 is 0.806 bits per heavy atom. The molecule has 0 aliphatic carbocycles. The first-order valence-corrected chi connectivity index (χ1v) is 11.2. The molecule has 0 saturated heterocycles. The van der Waals surface area contributed by atoms with Gasteiger partial charge in [0.25, 0.3) is 5.91 Å². The number of nitrogens with zero attached hydrogens (tertiary/aromatic N) is 2. The van der Waals surface area contributed by atoms with Gasteiger partial charge in [0.05, 0.1) is 17.9 Å². The number of hydrogen-bond donors (Lipinski definition) is 3. The predicted molar refractivity (Wildman–Crippen MR) is 139 cm³/mol. The fourth-order valence-electron chi connectivity index (χ4n) is 3.64. The third kappa shape index (κ3) is 5.92. The Morgan fingerprint density at radius 2 is 1.44 bits per heavy atom. The summed E-state index contributed by atoms with van der Waals surface area (Å²) in [7, 11) is 0. The highest BCUT2D eigenvalue weighted by molar-refractivity contribution is 6.06. The molecule has 3 N–H and O–H groups in total. The van der Waals surface area contributed by atoms with Crippen molar-refractivity contribution in [3.05, 3.63) is 108 Å². The Balaban J connectivity index is 1.70. The lowest BCUT2D eigenvalue weighted by atomic mass is 10.1. The maximum Gasteiger partial charge on any atom is 0.412 e. The first-order valence-electron chi connectivity index (χ1n) is 11.2. The number of amides is 3. The lowest BCUT2D eigenvalue weighted by Gasteiger charge is -2.22. The maximum absolute atomic E-state index is 13.1. The highest BCUT2D eigenvalue weighted by atomic mass is 16.4. The van der Waals surface area contributed by atoms with Crippen molar-refractivity contribution in [1.29, 1.82) is 0 Å². The van der Waals surface area contributed by atoms with Crippen LogP contribution >= 0.6 is 0 Å². The average Bonchev–Trinajstić information content (AvgIpc) is 2.88. The molecule has 0 radical (unpaired) electrons. The number of aromatic nitrogens is 1. The SMILES string of the molecule is CC(=O)Nc1ccc(C(=O)Nc2nc(-c3ccccc3)ccc2N(Cc2ccccc2)C(=O)O)cc1. The molecule has 8 nitrogen and oxygen atoms in total. The monoisotopic (exact) mass is 480 g/mol. The van der Waals surface area contributed by atoms with Gasteiger partial charge in [-0.25, -0.2) is 9.78 Å². The van der Waals surface area contributed by atoms with E-state index < -0.39 is 12.0 Å². The van der Waals surface area contributed by atoms with E-state index in [2.05, 4.69) is 15.6 Å². The molecule has 36 heavy (non-hydrogen) atoms. The van der Waals surface area contributed by atoms with E-state index in [9.17, 15) is 19.5 Å². The van der Waals surface area contributed by atoms with Crippen LogP contribution in [0.5, 0.6) is 0 Å². The van der Waals surface area contributed by atoms with Crippen LogP contribution in [0.3, 0.4) is 0 Å². The van der Waals surface area contributed by atoms with Crippen LogP contribution in [0.25, 0.3) is 11.3 Å². The summed E-state index contributed by atoms with van der Waals surface area (Å²) in [5, 5.41) is 15.4. The number of hydrogen-bond acceptors (Lipinski definition) is 4. The molecule has 4 aromatic rings. The van der Waals surface area contributed by atoms with Crippen LogP contribution in [0.4, 0.5) is 22.0 Å². The van der Waals surface area contributed by atoms with Gasteiger partial charge < -0.3 is 15.7 Å². The predicted octanol–water partition coefficient (Wildman–Crippen LogP) is 5.64. The van der Waals surface area contributed by atoms with Crippen molar-refractivity contribution in [1.82, 2.24) is 4.98 Å². The lowest BCUT2D eigenvalue weighted by molar-refractivity contribution is -0.114. The molecule has 1 aromatic heterocycles. The van der Waals surface area contributed by atoms with Gasteiger partial charge in [-0.3, -0.25) is 14.5 Å². The first-order chi connectivity index (χ1) is 17.4. The van der Waals surface area contributed by atoms with Crippen LogP contribution in [-0.2, 0) is 11.3 Å². The zero-order valence-electron chi connectivity index (χ0n) is 19.5. The maximum atomic E-state index is 13.1. The van der Waals surface area contributed by atoms with Crippen molar-refractivity contribution in [2.24, 2.45) is 0 Å². The topological polar surface area (TPSA) is 112 Å². The van der Waals surface area contributed by atoms with E-state index in [1.165, 1.54) is 6.92 Å². The quantitative estimate of drug-likeness (QED) is 0.317. The van der Waals surface area contributed by atoms with Crippen LogP contribution in [0, 0.1) is 0 Å². The largest absolute Gasteiger partial charge is 0.465 e. The summed E-state index contributed by atoms with van der Waals surface area (Å²) in [5.74, 6) is -0.565. The first kappa shape index (κ1) is 24.2. The molecule has 0 unspecified atom stereocenters. The highest BCUT2D eigenvalue weighted by Gasteiger charge is 2.22. The summed E-state index contributed by atoms with van der Waals surface area (Å²) in [6.07, 6.45) is -1.18. The van der Waals surface area contributed by atoms with E-state index in [4.69, 9.17) is 0 Å². The Labute approximate surface area is 208 Å². The van der Waals surface area contributed by atoms with E-state index in [1.807, 2.05) is 60.7 Å². The Bertz CT molecular complexity index is 1370. The second-order valence-corrected chi connectivity index (χ2v) is 8.00. The molecule has 3 aromatic carbocycles. The summed E-state index contributed by atoms with van der Waals surface area (Å²) in [6, 6.07) is 28.3.